The van der Waals surface area contributed by atoms with Gasteiger partial charge >= 0.3 is 0 Å². The summed E-state index contributed by atoms with van der Waals surface area (Å²) in [7, 11) is 0. The average Bonchev–Trinajstić information content (AvgIpc) is 4.00. The van der Waals surface area contributed by atoms with Crippen LogP contribution >= 0.6 is 22.7 Å². The van der Waals surface area contributed by atoms with Crippen LogP contribution in [0.3, 0.4) is 0 Å². The molecule has 0 atom stereocenters. The fourth-order valence-electron chi connectivity index (χ4n) is 9.01. The molecule has 0 radical (unpaired) electrons. The highest BCUT2D eigenvalue weighted by Gasteiger charge is 2.22. The normalized spacial score (nSPS) is 11.7. The van der Waals surface area contributed by atoms with Crippen molar-refractivity contribution in [3.63, 3.8) is 0 Å². The highest BCUT2D eigenvalue weighted by Crippen LogP contribution is 2.49. The smallest absolute Gasteiger partial charge is 0.109 e. The average molecular weight is 801 g/mol. The number of hydrogen-bond donors (Lipinski definition) is 0. The molecule has 9 aromatic carbocycles. The zero-order valence-electron chi connectivity index (χ0n) is 32.5. The summed E-state index contributed by atoms with van der Waals surface area (Å²) in [6, 6.07) is 79.6. The molecule has 0 N–H and O–H groups in total. The summed E-state index contributed by atoms with van der Waals surface area (Å²) in [5.74, 6) is 0. The quantitative estimate of drug-likeness (QED) is 0.156. The number of fused-ring (bicyclic) bond motifs is 8. The molecule has 12 aromatic rings. The van der Waals surface area contributed by atoms with Crippen LogP contribution in [-0.2, 0) is 0 Å². The first kappa shape index (κ1) is 34.8. The lowest BCUT2D eigenvalue weighted by Crippen LogP contribution is -2.10. The van der Waals surface area contributed by atoms with Crippen molar-refractivity contribution < 1.29 is 0 Å². The third kappa shape index (κ3) is 5.68. The van der Waals surface area contributed by atoms with Crippen LogP contribution in [0.25, 0.3) is 90.4 Å². The van der Waals surface area contributed by atoms with E-state index in [9.17, 15) is 0 Å². The van der Waals surface area contributed by atoms with Gasteiger partial charge in [0.15, 0.2) is 0 Å². The molecule has 3 heterocycles. The lowest BCUT2D eigenvalue weighted by molar-refractivity contribution is 1.19. The Morgan fingerprint density at radius 2 is 0.883 bits per heavy atom. The minimum absolute atomic E-state index is 1.11. The molecule has 3 aromatic heterocycles. The number of anilines is 3. The first-order valence-electron chi connectivity index (χ1n) is 20.3. The van der Waals surface area contributed by atoms with Gasteiger partial charge in [0.1, 0.15) is 4.83 Å². The Morgan fingerprint density at radius 3 is 1.55 bits per heavy atom. The minimum Gasteiger partial charge on any atom is -0.309 e. The Kier molecular flexibility index (Phi) is 8.25. The van der Waals surface area contributed by atoms with Crippen LogP contribution in [0.5, 0.6) is 0 Å². The van der Waals surface area contributed by atoms with E-state index in [1.807, 2.05) is 22.7 Å². The summed E-state index contributed by atoms with van der Waals surface area (Å²) in [5, 5.41) is 6.51. The van der Waals surface area contributed by atoms with Crippen molar-refractivity contribution in [1.29, 1.82) is 0 Å². The van der Waals surface area contributed by atoms with E-state index in [0.717, 1.165) is 11.4 Å². The summed E-state index contributed by atoms with van der Waals surface area (Å²) in [6.45, 7) is 0. The molecule has 0 saturated heterocycles. The van der Waals surface area contributed by atoms with Gasteiger partial charge < -0.3 is 9.47 Å². The number of para-hydroxylation sites is 1. The fraction of sp³-hybridized carbons (Fsp3) is 0. The molecule has 2 nitrogen and oxygen atoms in total. The van der Waals surface area contributed by atoms with Crippen molar-refractivity contribution in [1.82, 2.24) is 4.57 Å². The van der Waals surface area contributed by atoms with Crippen LogP contribution < -0.4 is 4.90 Å². The monoisotopic (exact) mass is 800 g/mol. The van der Waals surface area contributed by atoms with Crippen molar-refractivity contribution in [2.75, 3.05) is 4.90 Å². The second kappa shape index (κ2) is 14.2. The Hall–Kier alpha value is -7.24. The summed E-state index contributed by atoms with van der Waals surface area (Å²) in [4.78, 5) is 3.72. The molecule has 12 rings (SSSR count). The maximum Gasteiger partial charge on any atom is 0.109 e. The van der Waals surface area contributed by atoms with Crippen LogP contribution in [0, 0.1) is 0 Å². The molecule has 0 bridgehead atoms. The Balaban J connectivity index is 1.02. The summed E-state index contributed by atoms with van der Waals surface area (Å²) in [6.07, 6.45) is 0. The Labute approximate surface area is 356 Å². The van der Waals surface area contributed by atoms with Gasteiger partial charge in [-0.2, -0.15) is 0 Å². The molecular formula is C56H36N2S2. The first-order valence-corrected chi connectivity index (χ1v) is 22.0. The third-order valence-electron chi connectivity index (χ3n) is 11.8. The molecule has 282 valence electrons. The van der Waals surface area contributed by atoms with Gasteiger partial charge in [-0.1, -0.05) is 158 Å². The standard InChI is InChI=1S/C56H36N2S2/c1-4-14-37(15-5-1)38-24-29-43(30-25-38)57(49-35-34-45(40-16-6-2-7-17-40)53-47-20-10-12-22-51(47)59-55(49)53)44-31-26-39(27-32-44)41-28-33-46-50(36-41)58(42-18-8-3-9-19-42)56-54(46)48-21-11-13-23-52(48)60-56/h1-36H. The van der Waals surface area contributed by atoms with Crippen LogP contribution in [0.2, 0.25) is 0 Å². The number of benzene rings is 9. The highest BCUT2D eigenvalue weighted by atomic mass is 32.1. The fourth-order valence-corrected chi connectivity index (χ4v) is 11.5. The maximum atomic E-state index is 2.45. The second-order valence-corrected chi connectivity index (χ2v) is 17.4. The lowest BCUT2D eigenvalue weighted by Gasteiger charge is -2.27. The predicted octanol–water partition coefficient (Wildman–Crippen LogP) is 16.8. The molecule has 4 heteroatoms. The van der Waals surface area contributed by atoms with Crippen LogP contribution in [0.4, 0.5) is 17.1 Å². The van der Waals surface area contributed by atoms with E-state index >= 15 is 0 Å². The van der Waals surface area contributed by atoms with Crippen molar-refractivity contribution >= 4 is 91.1 Å². The molecule has 0 fully saturated rings. The van der Waals surface area contributed by atoms with Gasteiger partial charge in [0.05, 0.1) is 15.9 Å². The molecule has 0 aliphatic carbocycles. The minimum atomic E-state index is 1.11. The molecule has 0 spiro atoms. The molecule has 0 amide bonds. The number of nitrogens with zero attached hydrogens (tertiary/aromatic N) is 2. The number of aromatic nitrogens is 1. The zero-order valence-corrected chi connectivity index (χ0v) is 34.1. The van der Waals surface area contributed by atoms with E-state index in [4.69, 9.17) is 0 Å². The Morgan fingerprint density at radius 1 is 0.367 bits per heavy atom. The topological polar surface area (TPSA) is 8.17 Å². The number of rotatable bonds is 7. The number of thiophene rings is 2. The molecule has 60 heavy (non-hydrogen) atoms. The molecule has 0 unspecified atom stereocenters. The molecular weight excluding hydrogens is 765 g/mol. The SMILES string of the molecule is c1ccc(-c2ccc(N(c3ccc(-c4ccc5c6c7ccccc7sc6n(-c6ccccc6)c5c4)cc3)c3ccc(-c4ccccc4)c4c3sc3ccccc34)cc2)cc1. The van der Waals surface area contributed by atoms with E-state index in [-0.39, 0.29) is 0 Å². The molecule has 0 aliphatic rings. The van der Waals surface area contributed by atoms with E-state index < -0.39 is 0 Å². The van der Waals surface area contributed by atoms with Crippen molar-refractivity contribution in [3.05, 3.63) is 218 Å². The molecule has 0 aliphatic heterocycles. The summed E-state index contributed by atoms with van der Waals surface area (Å²) in [5.41, 5.74) is 13.1. The predicted molar refractivity (Wildman–Crippen MR) is 260 cm³/mol. The number of hydrogen-bond acceptors (Lipinski definition) is 3. The third-order valence-corrected chi connectivity index (χ3v) is 14.2. The largest absolute Gasteiger partial charge is 0.309 e. The van der Waals surface area contributed by atoms with Gasteiger partial charge in [-0.15, -0.1) is 22.7 Å². The molecule has 0 saturated carbocycles. The van der Waals surface area contributed by atoms with Crippen LogP contribution in [0.1, 0.15) is 0 Å². The van der Waals surface area contributed by atoms with Gasteiger partial charge in [0.25, 0.3) is 0 Å². The van der Waals surface area contributed by atoms with Gasteiger partial charge in [-0.05, 0) is 94.0 Å². The van der Waals surface area contributed by atoms with Gasteiger partial charge in [-0.25, -0.2) is 0 Å². The van der Waals surface area contributed by atoms with Gasteiger partial charge in [0.2, 0.25) is 0 Å². The van der Waals surface area contributed by atoms with E-state index in [1.165, 1.54) is 96.1 Å². The van der Waals surface area contributed by atoms with Crippen molar-refractivity contribution in [2.45, 2.75) is 0 Å². The van der Waals surface area contributed by atoms with Crippen molar-refractivity contribution in [3.8, 4) is 39.1 Å². The Bertz CT molecular complexity index is 3510. The summed E-state index contributed by atoms with van der Waals surface area (Å²) < 4.78 is 6.32. The van der Waals surface area contributed by atoms with Crippen LogP contribution in [-0.4, -0.2) is 4.57 Å². The maximum absolute atomic E-state index is 2.45. The van der Waals surface area contributed by atoms with E-state index in [1.54, 1.807) is 0 Å². The van der Waals surface area contributed by atoms with Crippen molar-refractivity contribution in [2.24, 2.45) is 0 Å². The highest BCUT2D eigenvalue weighted by molar-refractivity contribution is 7.26. The zero-order chi connectivity index (χ0) is 39.6. The first-order chi connectivity index (χ1) is 29.8. The van der Waals surface area contributed by atoms with E-state index in [0.29, 0.717) is 0 Å². The van der Waals surface area contributed by atoms with Gasteiger partial charge in [0, 0.05) is 53.4 Å². The van der Waals surface area contributed by atoms with E-state index in [2.05, 4.69) is 228 Å². The van der Waals surface area contributed by atoms with Gasteiger partial charge in [-0.3, -0.25) is 0 Å². The second-order valence-electron chi connectivity index (χ2n) is 15.3. The summed E-state index contributed by atoms with van der Waals surface area (Å²) >= 11 is 3.75. The lowest BCUT2D eigenvalue weighted by atomic mass is 9.98. The van der Waals surface area contributed by atoms with Crippen LogP contribution in [0.15, 0.2) is 218 Å².